The van der Waals surface area contributed by atoms with Crippen LogP contribution in [-0.2, 0) is 13.6 Å². The number of amides is 1. The zero-order chi connectivity index (χ0) is 13.8. The van der Waals surface area contributed by atoms with Gasteiger partial charge in [-0.2, -0.15) is 5.10 Å². The molecular formula is C13H17N5O. The first kappa shape index (κ1) is 13.1. The van der Waals surface area contributed by atoms with Gasteiger partial charge in [0.2, 0.25) is 0 Å². The quantitative estimate of drug-likeness (QED) is 0.890. The van der Waals surface area contributed by atoms with E-state index in [1.807, 2.05) is 19.1 Å². The van der Waals surface area contributed by atoms with Crippen molar-refractivity contribution in [3.63, 3.8) is 0 Å². The SMILES string of the molecule is CCN(Cc1ccncc1)C(=O)c1nn(C)cc1N. The number of hydrogen-bond donors (Lipinski definition) is 1. The van der Waals surface area contributed by atoms with E-state index in [2.05, 4.69) is 10.1 Å². The van der Waals surface area contributed by atoms with Crippen molar-refractivity contribution in [1.29, 1.82) is 0 Å². The number of pyridine rings is 1. The van der Waals surface area contributed by atoms with Gasteiger partial charge in [0.25, 0.3) is 5.91 Å². The molecule has 0 bridgehead atoms. The highest BCUT2D eigenvalue weighted by atomic mass is 16.2. The fourth-order valence-corrected chi connectivity index (χ4v) is 1.86. The molecule has 0 fully saturated rings. The molecule has 100 valence electrons. The van der Waals surface area contributed by atoms with Crippen LogP contribution in [0.5, 0.6) is 0 Å². The lowest BCUT2D eigenvalue weighted by molar-refractivity contribution is 0.0747. The Labute approximate surface area is 111 Å². The molecule has 19 heavy (non-hydrogen) atoms. The van der Waals surface area contributed by atoms with E-state index in [4.69, 9.17) is 5.73 Å². The molecule has 0 aliphatic heterocycles. The van der Waals surface area contributed by atoms with Gasteiger partial charge in [0.1, 0.15) is 0 Å². The van der Waals surface area contributed by atoms with Gasteiger partial charge in [-0.1, -0.05) is 0 Å². The Balaban J connectivity index is 2.18. The van der Waals surface area contributed by atoms with Crippen molar-refractivity contribution in [3.8, 4) is 0 Å². The van der Waals surface area contributed by atoms with Gasteiger partial charge in [-0.3, -0.25) is 14.5 Å². The molecule has 0 atom stereocenters. The van der Waals surface area contributed by atoms with E-state index in [-0.39, 0.29) is 5.91 Å². The number of carbonyl (C=O) groups excluding carboxylic acids is 1. The van der Waals surface area contributed by atoms with Gasteiger partial charge >= 0.3 is 0 Å². The number of nitrogens with zero attached hydrogens (tertiary/aromatic N) is 4. The van der Waals surface area contributed by atoms with Crippen LogP contribution in [0.4, 0.5) is 5.69 Å². The zero-order valence-electron chi connectivity index (χ0n) is 11.1. The third kappa shape index (κ3) is 2.90. The minimum Gasteiger partial charge on any atom is -0.396 e. The standard InChI is InChI=1S/C13H17N5O/c1-3-18(8-10-4-6-15-7-5-10)13(19)12-11(14)9-17(2)16-12/h4-7,9H,3,8,14H2,1-2H3. The van der Waals surface area contributed by atoms with E-state index in [1.54, 1.807) is 35.2 Å². The minimum atomic E-state index is -0.155. The predicted molar refractivity (Wildman–Crippen MR) is 72.3 cm³/mol. The van der Waals surface area contributed by atoms with Gasteiger partial charge in [0.15, 0.2) is 5.69 Å². The molecule has 1 amide bonds. The summed E-state index contributed by atoms with van der Waals surface area (Å²) in [5.41, 5.74) is 7.52. The molecular weight excluding hydrogens is 242 g/mol. The molecule has 0 unspecified atom stereocenters. The number of hydrogen-bond acceptors (Lipinski definition) is 4. The Hall–Kier alpha value is -2.37. The summed E-state index contributed by atoms with van der Waals surface area (Å²) in [5, 5.41) is 4.11. The number of nitrogens with two attached hydrogens (primary N) is 1. The lowest BCUT2D eigenvalue weighted by Crippen LogP contribution is -2.31. The number of nitrogen functional groups attached to an aromatic ring is 1. The largest absolute Gasteiger partial charge is 0.396 e. The second-order valence-electron chi connectivity index (χ2n) is 4.28. The fourth-order valence-electron chi connectivity index (χ4n) is 1.86. The molecule has 0 aromatic carbocycles. The number of carbonyl (C=O) groups is 1. The van der Waals surface area contributed by atoms with Crippen molar-refractivity contribution < 1.29 is 4.79 Å². The van der Waals surface area contributed by atoms with E-state index >= 15 is 0 Å². The molecule has 0 radical (unpaired) electrons. The molecule has 6 nitrogen and oxygen atoms in total. The third-order valence-electron chi connectivity index (χ3n) is 2.85. The molecule has 2 N–H and O–H groups in total. The van der Waals surface area contributed by atoms with Crippen LogP contribution in [0.25, 0.3) is 0 Å². The summed E-state index contributed by atoms with van der Waals surface area (Å²) < 4.78 is 1.54. The van der Waals surface area contributed by atoms with Crippen LogP contribution in [-0.4, -0.2) is 32.1 Å². The van der Waals surface area contributed by atoms with Gasteiger partial charge in [0.05, 0.1) is 5.69 Å². The topological polar surface area (TPSA) is 77.0 Å². The number of aryl methyl sites for hydroxylation is 1. The maximum Gasteiger partial charge on any atom is 0.276 e. The first-order valence-electron chi connectivity index (χ1n) is 6.09. The Morgan fingerprint density at radius 2 is 2.11 bits per heavy atom. The van der Waals surface area contributed by atoms with E-state index in [0.717, 1.165) is 5.56 Å². The second kappa shape index (κ2) is 5.51. The number of anilines is 1. The smallest absolute Gasteiger partial charge is 0.276 e. The van der Waals surface area contributed by atoms with E-state index in [9.17, 15) is 4.79 Å². The maximum atomic E-state index is 12.4. The highest BCUT2D eigenvalue weighted by Crippen LogP contribution is 2.13. The molecule has 2 aromatic rings. The van der Waals surface area contributed by atoms with Crippen LogP contribution in [0.3, 0.4) is 0 Å². The third-order valence-corrected chi connectivity index (χ3v) is 2.85. The molecule has 0 saturated carbocycles. The highest BCUT2D eigenvalue weighted by Gasteiger charge is 2.20. The zero-order valence-corrected chi connectivity index (χ0v) is 11.1. The summed E-state index contributed by atoms with van der Waals surface area (Å²) in [7, 11) is 1.74. The molecule has 0 saturated heterocycles. The van der Waals surface area contributed by atoms with Crippen molar-refractivity contribution >= 4 is 11.6 Å². The van der Waals surface area contributed by atoms with Crippen molar-refractivity contribution in [2.75, 3.05) is 12.3 Å². The van der Waals surface area contributed by atoms with Gasteiger partial charge in [0, 0.05) is 38.7 Å². The molecule has 6 heteroatoms. The van der Waals surface area contributed by atoms with E-state index < -0.39 is 0 Å². The van der Waals surface area contributed by atoms with Crippen LogP contribution in [0, 0.1) is 0 Å². The monoisotopic (exact) mass is 259 g/mol. The van der Waals surface area contributed by atoms with Crippen molar-refractivity contribution in [2.45, 2.75) is 13.5 Å². The normalized spacial score (nSPS) is 10.4. The summed E-state index contributed by atoms with van der Waals surface area (Å²) in [6, 6.07) is 3.77. The number of rotatable bonds is 4. The molecule has 0 aliphatic carbocycles. The van der Waals surface area contributed by atoms with E-state index in [0.29, 0.717) is 24.5 Å². The summed E-state index contributed by atoms with van der Waals surface area (Å²) in [4.78, 5) is 18.0. The second-order valence-corrected chi connectivity index (χ2v) is 4.28. The van der Waals surface area contributed by atoms with Crippen LogP contribution in [0.15, 0.2) is 30.7 Å². The first-order valence-corrected chi connectivity index (χ1v) is 6.09. The van der Waals surface area contributed by atoms with Gasteiger partial charge in [-0.15, -0.1) is 0 Å². The Morgan fingerprint density at radius 3 is 2.63 bits per heavy atom. The van der Waals surface area contributed by atoms with Gasteiger partial charge < -0.3 is 10.6 Å². The summed E-state index contributed by atoms with van der Waals surface area (Å²) >= 11 is 0. The maximum absolute atomic E-state index is 12.4. The molecule has 2 rings (SSSR count). The lowest BCUT2D eigenvalue weighted by Gasteiger charge is -2.20. The molecule has 0 spiro atoms. The Bertz CT molecular complexity index is 564. The number of aromatic nitrogens is 3. The Kier molecular flexibility index (Phi) is 3.79. The average molecular weight is 259 g/mol. The highest BCUT2D eigenvalue weighted by molar-refractivity contribution is 5.97. The van der Waals surface area contributed by atoms with Crippen LogP contribution in [0.2, 0.25) is 0 Å². The van der Waals surface area contributed by atoms with E-state index in [1.165, 1.54) is 0 Å². The van der Waals surface area contributed by atoms with Crippen LogP contribution in [0.1, 0.15) is 23.0 Å². The molecule has 2 heterocycles. The average Bonchev–Trinajstić information content (AvgIpc) is 2.75. The van der Waals surface area contributed by atoms with Gasteiger partial charge in [-0.05, 0) is 24.6 Å². The first-order chi connectivity index (χ1) is 9.11. The van der Waals surface area contributed by atoms with Crippen molar-refractivity contribution in [2.24, 2.45) is 7.05 Å². The molecule has 0 aliphatic rings. The lowest BCUT2D eigenvalue weighted by atomic mass is 10.2. The minimum absolute atomic E-state index is 0.155. The van der Waals surface area contributed by atoms with Crippen molar-refractivity contribution in [1.82, 2.24) is 19.7 Å². The fraction of sp³-hybridized carbons (Fsp3) is 0.308. The van der Waals surface area contributed by atoms with Crippen LogP contribution < -0.4 is 5.73 Å². The van der Waals surface area contributed by atoms with Crippen molar-refractivity contribution in [3.05, 3.63) is 42.0 Å². The van der Waals surface area contributed by atoms with Crippen LogP contribution >= 0.6 is 0 Å². The summed E-state index contributed by atoms with van der Waals surface area (Å²) in [5.74, 6) is -0.155. The predicted octanol–water partition coefficient (Wildman–Crippen LogP) is 1.06. The Morgan fingerprint density at radius 1 is 1.42 bits per heavy atom. The van der Waals surface area contributed by atoms with Gasteiger partial charge in [-0.25, -0.2) is 0 Å². The summed E-state index contributed by atoms with van der Waals surface area (Å²) in [6.45, 7) is 3.04. The summed E-state index contributed by atoms with van der Waals surface area (Å²) in [6.07, 6.45) is 5.05. The molecule has 2 aromatic heterocycles.